The van der Waals surface area contributed by atoms with Gasteiger partial charge in [-0.1, -0.05) is 35.9 Å². The van der Waals surface area contributed by atoms with Crippen LogP contribution in [0, 0.1) is 0 Å². The molecule has 0 amide bonds. The van der Waals surface area contributed by atoms with E-state index in [0.717, 1.165) is 10.5 Å². The van der Waals surface area contributed by atoms with Crippen molar-refractivity contribution in [2.24, 2.45) is 0 Å². The maximum Gasteiger partial charge on any atom is 0.241 e. The fraction of sp³-hybridized carbons (Fsp3) is 0.200. The predicted octanol–water partition coefficient (Wildman–Crippen LogP) is 3.73. The van der Waals surface area contributed by atoms with Gasteiger partial charge in [-0.2, -0.15) is 4.72 Å². The molecule has 1 atom stereocenters. The lowest BCUT2D eigenvalue weighted by molar-refractivity contribution is 0.572. The summed E-state index contributed by atoms with van der Waals surface area (Å²) in [5.74, 6) is 0. The van der Waals surface area contributed by atoms with E-state index in [9.17, 15) is 8.42 Å². The van der Waals surface area contributed by atoms with Crippen LogP contribution in [-0.4, -0.2) is 8.42 Å². The van der Waals surface area contributed by atoms with Gasteiger partial charge in [-0.25, -0.2) is 8.42 Å². The highest BCUT2D eigenvalue weighted by Crippen LogP contribution is 2.27. The van der Waals surface area contributed by atoms with Crippen LogP contribution in [0.5, 0.6) is 0 Å². The van der Waals surface area contributed by atoms with Gasteiger partial charge in [-0.15, -0.1) is 11.3 Å². The van der Waals surface area contributed by atoms with Crippen LogP contribution < -0.4 is 4.72 Å². The molecule has 0 radical (unpaired) electrons. The Labute approximate surface area is 124 Å². The van der Waals surface area contributed by atoms with Gasteiger partial charge in [0.15, 0.2) is 0 Å². The Morgan fingerprint density at radius 2 is 1.90 bits per heavy atom. The lowest BCUT2D eigenvalue weighted by Crippen LogP contribution is -2.28. The summed E-state index contributed by atoms with van der Waals surface area (Å²) in [6.07, 6.45) is 1.93. The number of nitrogens with one attached hydrogen (secondary N) is 1. The second-order valence-corrected chi connectivity index (χ2v) is 7.11. The van der Waals surface area contributed by atoms with E-state index in [0.29, 0.717) is 0 Å². The maximum absolute atomic E-state index is 12.4. The monoisotopic (exact) mass is 307 g/mol. The quantitative estimate of drug-likeness (QED) is 0.855. The van der Waals surface area contributed by atoms with E-state index in [-0.39, 0.29) is 10.9 Å². The van der Waals surface area contributed by atoms with Crippen molar-refractivity contribution in [3.63, 3.8) is 0 Å². The molecule has 0 fully saturated rings. The molecule has 0 aliphatic rings. The van der Waals surface area contributed by atoms with Crippen molar-refractivity contribution in [3.05, 3.63) is 64.4 Å². The maximum atomic E-state index is 12.4. The Morgan fingerprint density at radius 1 is 1.20 bits per heavy atom. The highest BCUT2D eigenvalue weighted by atomic mass is 32.2. The zero-order chi connectivity index (χ0) is 14.6. The van der Waals surface area contributed by atoms with E-state index in [2.05, 4.69) is 4.72 Å². The molecule has 3 nitrogen and oxygen atoms in total. The molecule has 0 unspecified atom stereocenters. The fourth-order valence-electron chi connectivity index (χ4n) is 1.82. The van der Waals surface area contributed by atoms with Crippen LogP contribution in [-0.2, 0) is 10.0 Å². The summed E-state index contributed by atoms with van der Waals surface area (Å²) in [4.78, 5) is 1.27. The van der Waals surface area contributed by atoms with Gasteiger partial charge >= 0.3 is 0 Å². The van der Waals surface area contributed by atoms with Crippen molar-refractivity contribution < 1.29 is 8.42 Å². The first kappa shape index (κ1) is 15.0. The molecule has 0 aliphatic heterocycles. The topological polar surface area (TPSA) is 46.2 Å². The lowest BCUT2D eigenvalue weighted by atomic mass is 10.1. The minimum Gasteiger partial charge on any atom is -0.207 e. The standard InChI is InChI=1S/C15H17NO2S2/c1-3-12(2)15(14-10-7-11-19-14)16-20(17,18)13-8-5-4-6-9-13/h3-11,15-16H,1-2H3/b12-3+/t15-/m0/s1. The summed E-state index contributed by atoms with van der Waals surface area (Å²) in [7, 11) is -3.52. The Balaban J connectivity index is 2.34. The van der Waals surface area contributed by atoms with Crippen LogP contribution in [0.25, 0.3) is 0 Å². The predicted molar refractivity (Wildman–Crippen MR) is 83.3 cm³/mol. The summed E-state index contributed by atoms with van der Waals surface area (Å²) in [5.41, 5.74) is 0.979. The van der Waals surface area contributed by atoms with Crippen LogP contribution in [0.3, 0.4) is 0 Å². The molecule has 20 heavy (non-hydrogen) atoms. The molecule has 2 aromatic rings. The SMILES string of the molecule is C/C=C(\C)[C@H](NS(=O)(=O)c1ccccc1)c1cccs1. The molecule has 1 aromatic carbocycles. The van der Waals surface area contributed by atoms with Gasteiger partial charge < -0.3 is 0 Å². The third kappa shape index (κ3) is 3.36. The average molecular weight is 307 g/mol. The molecule has 5 heteroatoms. The molecule has 0 aliphatic carbocycles. The number of rotatable bonds is 5. The van der Waals surface area contributed by atoms with Crippen LogP contribution in [0.2, 0.25) is 0 Å². The average Bonchev–Trinajstić information content (AvgIpc) is 2.99. The third-order valence-corrected chi connectivity index (χ3v) is 5.44. The normalized spacial score (nSPS) is 14.2. The van der Waals surface area contributed by atoms with Crippen LogP contribution >= 0.6 is 11.3 Å². The summed E-state index contributed by atoms with van der Waals surface area (Å²) in [6, 6.07) is 12.0. The lowest BCUT2D eigenvalue weighted by Gasteiger charge is -2.18. The molecule has 0 saturated carbocycles. The van der Waals surface area contributed by atoms with Crippen molar-refractivity contribution in [1.29, 1.82) is 0 Å². The Kier molecular flexibility index (Phi) is 4.75. The van der Waals surface area contributed by atoms with E-state index in [4.69, 9.17) is 0 Å². The fourth-order valence-corrected chi connectivity index (χ4v) is 4.02. The first-order valence-corrected chi connectivity index (χ1v) is 8.64. The van der Waals surface area contributed by atoms with E-state index >= 15 is 0 Å². The van der Waals surface area contributed by atoms with Gasteiger partial charge in [0.2, 0.25) is 10.0 Å². The molecule has 106 valence electrons. The largest absolute Gasteiger partial charge is 0.241 e. The summed E-state index contributed by atoms with van der Waals surface area (Å²) in [5, 5.41) is 1.95. The molecule has 1 aromatic heterocycles. The number of benzene rings is 1. The summed E-state index contributed by atoms with van der Waals surface area (Å²) in [6.45, 7) is 3.84. The summed E-state index contributed by atoms with van der Waals surface area (Å²) < 4.78 is 27.6. The molecule has 0 bridgehead atoms. The van der Waals surface area contributed by atoms with Gasteiger partial charge in [-0.05, 0) is 37.4 Å². The number of hydrogen-bond acceptors (Lipinski definition) is 3. The van der Waals surface area contributed by atoms with Gasteiger partial charge in [0, 0.05) is 4.88 Å². The van der Waals surface area contributed by atoms with Crippen molar-refractivity contribution in [2.45, 2.75) is 24.8 Å². The van der Waals surface area contributed by atoms with Crippen molar-refractivity contribution in [2.75, 3.05) is 0 Å². The van der Waals surface area contributed by atoms with E-state index < -0.39 is 10.0 Å². The van der Waals surface area contributed by atoms with E-state index in [1.165, 1.54) is 0 Å². The van der Waals surface area contributed by atoms with Crippen molar-refractivity contribution in [1.82, 2.24) is 4.72 Å². The zero-order valence-corrected chi connectivity index (χ0v) is 13.0. The van der Waals surface area contributed by atoms with E-state index in [1.807, 2.05) is 37.4 Å². The van der Waals surface area contributed by atoms with Gasteiger partial charge in [0.05, 0.1) is 10.9 Å². The van der Waals surface area contributed by atoms with Crippen LogP contribution in [0.4, 0.5) is 0 Å². The summed E-state index contributed by atoms with van der Waals surface area (Å²) >= 11 is 1.54. The Morgan fingerprint density at radius 3 is 2.45 bits per heavy atom. The molecule has 1 heterocycles. The number of hydrogen-bond donors (Lipinski definition) is 1. The smallest absolute Gasteiger partial charge is 0.207 e. The zero-order valence-electron chi connectivity index (χ0n) is 11.4. The highest BCUT2D eigenvalue weighted by molar-refractivity contribution is 7.89. The van der Waals surface area contributed by atoms with Crippen molar-refractivity contribution in [3.8, 4) is 0 Å². The Hall–Kier alpha value is -1.43. The first-order valence-electron chi connectivity index (χ1n) is 6.28. The molecule has 0 saturated heterocycles. The molecule has 0 spiro atoms. The second kappa shape index (κ2) is 6.35. The van der Waals surface area contributed by atoms with E-state index in [1.54, 1.807) is 41.7 Å². The van der Waals surface area contributed by atoms with Crippen LogP contribution in [0.1, 0.15) is 24.8 Å². The second-order valence-electron chi connectivity index (χ2n) is 4.42. The molecule has 2 rings (SSSR count). The van der Waals surface area contributed by atoms with Crippen molar-refractivity contribution >= 4 is 21.4 Å². The van der Waals surface area contributed by atoms with Gasteiger partial charge in [0.1, 0.15) is 0 Å². The molecular weight excluding hydrogens is 290 g/mol. The Bertz CT molecular complexity index is 674. The van der Waals surface area contributed by atoms with Gasteiger partial charge in [-0.3, -0.25) is 0 Å². The first-order chi connectivity index (χ1) is 9.54. The number of thiophene rings is 1. The minimum absolute atomic E-state index is 0.283. The minimum atomic E-state index is -3.52. The molecule has 1 N–H and O–H groups in total. The third-order valence-electron chi connectivity index (χ3n) is 3.06. The number of sulfonamides is 1. The van der Waals surface area contributed by atoms with Crippen LogP contribution in [0.15, 0.2) is 64.4 Å². The van der Waals surface area contributed by atoms with Gasteiger partial charge in [0.25, 0.3) is 0 Å². The molecular formula is C15H17NO2S2. The number of allylic oxidation sites excluding steroid dienone is 1. The highest BCUT2D eigenvalue weighted by Gasteiger charge is 2.22.